The summed E-state index contributed by atoms with van der Waals surface area (Å²) in [5.41, 5.74) is 2.68. The SMILES string of the molecule is C=Cc1ccccc1C(C)C1CN1. The van der Waals surface area contributed by atoms with Gasteiger partial charge in [-0.3, -0.25) is 0 Å². The summed E-state index contributed by atoms with van der Waals surface area (Å²) >= 11 is 0. The minimum Gasteiger partial charge on any atom is -0.311 e. The van der Waals surface area contributed by atoms with Gasteiger partial charge in [0.25, 0.3) is 0 Å². The molecule has 0 aromatic heterocycles. The summed E-state index contributed by atoms with van der Waals surface area (Å²) in [6, 6.07) is 9.17. The Kier molecular flexibility index (Phi) is 2.19. The second-order valence-corrected chi connectivity index (χ2v) is 3.64. The highest BCUT2D eigenvalue weighted by molar-refractivity contribution is 5.53. The zero-order chi connectivity index (χ0) is 9.26. The summed E-state index contributed by atoms with van der Waals surface area (Å²) in [6.45, 7) is 7.26. The minimum absolute atomic E-state index is 0.606. The summed E-state index contributed by atoms with van der Waals surface area (Å²) < 4.78 is 0. The van der Waals surface area contributed by atoms with Crippen LogP contribution in [0.15, 0.2) is 30.8 Å². The summed E-state index contributed by atoms with van der Waals surface area (Å²) in [7, 11) is 0. The summed E-state index contributed by atoms with van der Waals surface area (Å²) in [4.78, 5) is 0. The van der Waals surface area contributed by atoms with Gasteiger partial charge in [0.2, 0.25) is 0 Å². The summed E-state index contributed by atoms with van der Waals surface area (Å²) in [5, 5.41) is 3.35. The first-order valence-corrected chi connectivity index (χ1v) is 4.77. The van der Waals surface area contributed by atoms with Gasteiger partial charge < -0.3 is 5.32 Å². The largest absolute Gasteiger partial charge is 0.311 e. The highest BCUT2D eigenvalue weighted by Gasteiger charge is 2.28. The Morgan fingerprint density at radius 1 is 1.54 bits per heavy atom. The Balaban J connectivity index is 2.31. The molecule has 2 unspecified atom stereocenters. The third kappa shape index (κ3) is 1.65. The smallest absolute Gasteiger partial charge is 0.0259 e. The van der Waals surface area contributed by atoms with Crippen LogP contribution in [0.2, 0.25) is 0 Å². The van der Waals surface area contributed by atoms with Crippen molar-refractivity contribution in [3.8, 4) is 0 Å². The van der Waals surface area contributed by atoms with Crippen LogP contribution in [0.1, 0.15) is 24.0 Å². The van der Waals surface area contributed by atoms with Crippen molar-refractivity contribution in [2.75, 3.05) is 6.54 Å². The Labute approximate surface area is 79.5 Å². The van der Waals surface area contributed by atoms with Crippen LogP contribution < -0.4 is 5.32 Å². The van der Waals surface area contributed by atoms with Gasteiger partial charge in [0.1, 0.15) is 0 Å². The lowest BCUT2D eigenvalue weighted by Crippen LogP contribution is -2.05. The molecule has 0 spiro atoms. The highest BCUT2D eigenvalue weighted by Crippen LogP contribution is 2.27. The second kappa shape index (κ2) is 3.35. The molecule has 1 N–H and O–H groups in total. The maximum Gasteiger partial charge on any atom is 0.0259 e. The molecule has 1 aromatic rings. The van der Waals surface area contributed by atoms with Crippen LogP contribution in [0, 0.1) is 0 Å². The molecule has 2 atom stereocenters. The Hall–Kier alpha value is -1.08. The van der Waals surface area contributed by atoms with Crippen LogP contribution in [-0.4, -0.2) is 12.6 Å². The van der Waals surface area contributed by atoms with Gasteiger partial charge in [-0.15, -0.1) is 0 Å². The number of rotatable bonds is 3. The lowest BCUT2D eigenvalue weighted by atomic mass is 9.93. The van der Waals surface area contributed by atoms with Crippen molar-refractivity contribution in [3.05, 3.63) is 42.0 Å². The van der Waals surface area contributed by atoms with Gasteiger partial charge in [-0.1, -0.05) is 43.8 Å². The second-order valence-electron chi connectivity index (χ2n) is 3.64. The van der Waals surface area contributed by atoms with Gasteiger partial charge in [-0.25, -0.2) is 0 Å². The van der Waals surface area contributed by atoms with E-state index in [0.29, 0.717) is 12.0 Å². The number of benzene rings is 1. The molecule has 1 nitrogen and oxygen atoms in total. The van der Waals surface area contributed by atoms with Gasteiger partial charge in [-0.2, -0.15) is 0 Å². The van der Waals surface area contributed by atoms with Crippen LogP contribution in [0.4, 0.5) is 0 Å². The first-order chi connectivity index (χ1) is 6.33. The molecular weight excluding hydrogens is 158 g/mol. The first-order valence-electron chi connectivity index (χ1n) is 4.77. The van der Waals surface area contributed by atoms with E-state index in [1.165, 1.54) is 11.1 Å². The lowest BCUT2D eigenvalue weighted by molar-refractivity contribution is 0.740. The maximum atomic E-state index is 3.83. The monoisotopic (exact) mass is 173 g/mol. The molecular formula is C12H15N. The third-order valence-electron chi connectivity index (χ3n) is 2.75. The first kappa shape index (κ1) is 8.52. The van der Waals surface area contributed by atoms with E-state index >= 15 is 0 Å². The van der Waals surface area contributed by atoms with E-state index in [-0.39, 0.29) is 0 Å². The average Bonchev–Trinajstić information content (AvgIpc) is 3.00. The maximum absolute atomic E-state index is 3.83. The molecule has 0 saturated carbocycles. The van der Waals surface area contributed by atoms with Crippen LogP contribution in [0.5, 0.6) is 0 Å². The average molecular weight is 173 g/mol. The molecule has 1 heteroatoms. The zero-order valence-corrected chi connectivity index (χ0v) is 7.96. The normalized spacial score (nSPS) is 22.4. The molecule has 1 aliphatic rings. The van der Waals surface area contributed by atoms with E-state index < -0.39 is 0 Å². The van der Waals surface area contributed by atoms with Gasteiger partial charge in [0, 0.05) is 12.6 Å². The molecule has 1 aromatic carbocycles. The van der Waals surface area contributed by atoms with E-state index in [1.807, 2.05) is 6.08 Å². The molecule has 0 aliphatic carbocycles. The topological polar surface area (TPSA) is 21.9 Å². The fraction of sp³-hybridized carbons (Fsp3) is 0.333. The highest BCUT2D eigenvalue weighted by atomic mass is 15.1. The minimum atomic E-state index is 0.606. The van der Waals surface area contributed by atoms with Crippen molar-refractivity contribution in [1.82, 2.24) is 5.32 Å². The third-order valence-corrected chi connectivity index (χ3v) is 2.75. The number of nitrogens with one attached hydrogen (secondary N) is 1. The van der Waals surface area contributed by atoms with Crippen LogP contribution >= 0.6 is 0 Å². The van der Waals surface area contributed by atoms with Crippen LogP contribution in [-0.2, 0) is 0 Å². The molecule has 0 amide bonds. The van der Waals surface area contributed by atoms with E-state index in [9.17, 15) is 0 Å². The van der Waals surface area contributed by atoms with Gasteiger partial charge in [0.05, 0.1) is 0 Å². The Morgan fingerprint density at radius 3 is 2.85 bits per heavy atom. The fourth-order valence-electron chi connectivity index (χ4n) is 1.75. The standard InChI is InChI=1S/C12H15N/c1-3-10-6-4-5-7-11(10)9(2)12-8-13-12/h3-7,9,12-13H,1,8H2,2H3. The van der Waals surface area contributed by atoms with E-state index in [2.05, 4.69) is 43.1 Å². The molecule has 1 saturated heterocycles. The molecule has 0 bridgehead atoms. The molecule has 1 aliphatic heterocycles. The molecule has 1 heterocycles. The van der Waals surface area contributed by atoms with E-state index in [0.717, 1.165) is 6.54 Å². The molecule has 2 rings (SSSR count). The van der Waals surface area contributed by atoms with Crippen molar-refractivity contribution in [3.63, 3.8) is 0 Å². The predicted octanol–water partition coefficient (Wildman–Crippen LogP) is 2.40. The van der Waals surface area contributed by atoms with Gasteiger partial charge >= 0.3 is 0 Å². The summed E-state index contributed by atoms with van der Waals surface area (Å²) in [6.07, 6.45) is 1.94. The number of hydrogen-bond donors (Lipinski definition) is 1. The van der Waals surface area contributed by atoms with Crippen molar-refractivity contribution < 1.29 is 0 Å². The molecule has 68 valence electrons. The van der Waals surface area contributed by atoms with E-state index in [1.54, 1.807) is 0 Å². The quantitative estimate of drug-likeness (QED) is 0.696. The lowest BCUT2D eigenvalue weighted by Gasteiger charge is -2.12. The Morgan fingerprint density at radius 2 is 2.23 bits per heavy atom. The molecule has 1 fully saturated rings. The molecule has 0 radical (unpaired) electrons. The van der Waals surface area contributed by atoms with Gasteiger partial charge in [-0.05, 0) is 17.0 Å². The van der Waals surface area contributed by atoms with Gasteiger partial charge in [0.15, 0.2) is 0 Å². The van der Waals surface area contributed by atoms with Crippen molar-refractivity contribution in [2.24, 2.45) is 0 Å². The van der Waals surface area contributed by atoms with Crippen molar-refractivity contribution >= 4 is 6.08 Å². The van der Waals surface area contributed by atoms with Crippen LogP contribution in [0.25, 0.3) is 6.08 Å². The fourth-order valence-corrected chi connectivity index (χ4v) is 1.75. The Bertz CT molecular complexity index is 313. The van der Waals surface area contributed by atoms with Crippen molar-refractivity contribution in [1.29, 1.82) is 0 Å². The van der Waals surface area contributed by atoms with E-state index in [4.69, 9.17) is 0 Å². The summed E-state index contributed by atoms with van der Waals surface area (Å²) in [5.74, 6) is 0.606. The zero-order valence-electron chi connectivity index (χ0n) is 7.96. The predicted molar refractivity (Wildman–Crippen MR) is 56.7 cm³/mol. The number of hydrogen-bond acceptors (Lipinski definition) is 1. The van der Waals surface area contributed by atoms with Crippen molar-refractivity contribution in [2.45, 2.75) is 18.9 Å². The van der Waals surface area contributed by atoms with Crippen LogP contribution in [0.3, 0.4) is 0 Å². The molecule has 13 heavy (non-hydrogen) atoms.